The second kappa shape index (κ2) is 6.72. The Hall–Kier alpha value is -1.86. The fourth-order valence-corrected chi connectivity index (χ4v) is 3.14. The topological polar surface area (TPSA) is 75.7 Å². The number of carbonyl (C=O) groups is 1. The van der Waals surface area contributed by atoms with Gasteiger partial charge in [-0.25, -0.2) is 14.2 Å². The zero-order valence-electron chi connectivity index (χ0n) is 11.9. The highest BCUT2D eigenvalue weighted by Crippen LogP contribution is 2.34. The van der Waals surface area contributed by atoms with E-state index in [-0.39, 0.29) is 28.9 Å². The molecule has 0 unspecified atom stereocenters. The van der Waals surface area contributed by atoms with E-state index in [1.54, 1.807) is 12.3 Å². The minimum Gasteiger partial charge on any atom is -0.476 e. The minimum absolute atomic E-state index is 0.163. The molecule has 0 spiro atoms. The van der Waals surface area contributed by atoms with Gasteiger partial charge in [0, 0.05) is 29.6 Å². The van der Waals surface area contributed by atoms with Gasteiger partial charge in [-0.3, -0.25) is 4.99 Å². The maximum atomic E-state index is 13.1. The van der Waals surface area contributed by atoms with Crippen molar-refractivity contribution in [2.24, 2.45) is 4.99 Å². The molecule has 5 nitrogen and oxygen atoms in total. The quantitative estimate of drug-likeness (QED) is 0.846. The highest BCUT2D eigenvalue weighted by Gasteiger charge is 2.24. The Labute approximate surface area is 140 Å². The molecule has 0 saturated carbocycles. The Balaban J connectivity index is 1.89. The summed E-state index contributed by atoms with van der Waals surface area (Å²) in [5.41, 5.74) is 0.513. The van der Waals surface area contributed by atoms with Crippen LogP contribution >= 0.6 is 23.4 Å². The van der Waals surface area contributed by atoms with E-state index >= 15 is 0 Å². The second-order valence-electron chi connectivity index (χ2n) is 4.97. The molecule has 0 aromatic carbocycles. The molecule has 0 radical (unpaired) electrons. The van der Waals surface area contributed by atoms with E-state index in [4.69, 9.17) is 16.0 Å². The molecule has 0 amide bonds. The Morgan fingerprint density at radius 1 is 1.30 bits per heavy atom. The monoisotopic (exact) mass is 354 g/mol. The molecule has 3 rings (SSSR count). The molecule has 23 heavy (non-hydrogen) atoms. The van der Waals surface area contributed by atoms with Crippen molar-refractivity contribution in [2.75, 3.05) is 0 Å². The third kappa shape index (κ3) is 3.73. The minimum atomic E-state index is -1.18. The highest BCUT2D eigenvalue weighted by atomic mass is 35.5. The van der Waals surface area contributed by atoms with Crippen LogP contribution in [0.2, 0.25) is 0 Å². The number of halogens is 2. The molecular formula is C15H12ClFN2O3S. The van der Waals surface area contributed by atoms with Gasteiger partial charge >= 0.3 is 5.97 Å². The van der Waals surface area contributed by atoms with Crippen molar-refractivity contribution in [3.05, 3.63) is 40.8 Å². The second-order valence-corrected chi connectivity index (χ2v) is 6.50. The molecule has 0 atom stereocenters. The van der Waals surface area contributed by atoms with E-state index in [0.29, 0.717) is 34.9 Å². The van der Waals surface area contributed by atoms with E-state index in [0.717, 1.165) is 11.8 Å². The molecule has 8 heteroatoms. The van der Waals surface area contributed by atoms with E-state index in [2.05, 4.69) is 9.98 Å². The molecule has 1 aliphatic carbocycles. The molecule has 1 aromatic rings. The maximum absolute atomic E-state index is 13.1. The van der Waals surface area contributed by atoms with Gasteiger partial charge in [-0.15, -0.1) is 0 Å². The van der Waals surface area contributed by atoms with Crippen LogP contribution in [0.5, 0.6) is 0 Å². The molecule has 1 aliphatic heterocycles. The molecule has 0 bridgehead atoms. The number of hydrogen-bond acceptors (Lipinski definition) is 5. The molecule has 1 aromatic heterocycles. The summed E-state index contributed by atoms with van der Waals surface area (Å²) in [6.45, 7) is 0. The summed E-state index contributed by atoms with van der Waals surface area (Å²) in [6.07, 6.45) is 6.40. The molecule has 2 aliphatic rings. The normalized spacial score (nSPS) is 18.0. The first-order valence-corrected chi connectivity index (χ1v) is 8.11. The lowest BCUT2D eigenvalue weighted by atomic mass is 10.0. The van der Waals surface area contributed by atoms with Crippen molar-refractivity contribution >= 4 is 39.9 Å². The molecule has 0 saturated heterocycles. The first kappa shape index (κ1) is 16.0. The molecule has 2 heterocycles. The number of aromatic carboxylic acids is 1. The van der Waals surface area contributed by atoms with Crippen LogP contribution in [0, 0.1) is 0 Å². The lowest BCUT2D eigenvalue weighted by Crippen LogP contribution is -2.01. The van der Waals surface area contributed by atoms with Crippen molar-refractivity contribution in [2.45, 2.75) is 30.8 Å². The van der Waals surface area contributed by atoms with Gasteiger partial charge < -0.3 is 9.52 Å². The number of allylic oxidation sites excluding steroid dienone is 5. The number of carboxylic acids is 1. The number of hydrogen-bond donors (Lipinski definition) is 1. The van der Waals surface area contributed by atoms with Gasteiger partial charge in [0.25, 0.3) is 0 Å². The van der Waals surface area contributed by atoms with E-state index in [9.17, 15) is 14.3 Å². The Morgan fingerprint density at radius 2 is 2.13 bits per heavy atom. The predicted octanol–water partition coefficient (Wildman–Crippen LogP) is 4.77. The van der Waals surface area contributed by atoms with Crippen LogP contribution < -0.4 is 0 Å². The van der Waals surface area contributed by atoms with Crippen LogP contribution in [0.3, 0.4) is 0 Å². The van der Waals surface area contributed by atoms with Crippen LogP contribution in [-0.2, 0) is 0 Å². The summed E-state index contributed by atoms with van der Waals surface area (Å²) in [6, 6.07) is 0. The number of carboxylic acid groups (broad SMARTS) is 1. The standard InChI is InChI=1S/C15H12ClFN2O3S/c16-9-3-6-11(18-7-9)23-15-12(14(20)21)19-13(22-15)8-1-4-10(17)5-2-8/h1,4,7H,2-3,5-6H2,(H,20,21). The van der Waals surface area contributed by atoms with Gasteiger partial charge in [0.2, 0.25) is 16.7 Å². The lowest BCUT2D eigenvalue weighted by molar-refractivity contribution is 0.0685. The summed E-state index contributed by atoms with van der Waals surface area (Å²) in [5.74, 6) is -1.18. The number of aliphatic imine (C=N–C) groups is 1. The van der Waals surface area contributed by atoms with Crippen LogP contribution in [0.1, 0.15) is 42.1 Å². The van der Waals surface area contributed by atoms with Gasteiger partial charge in [0.1, 0.15) is 5.83 Å². The number of oxazole rings is 1. The first-order chi connectivity index (χ1) is 11.0. The van der Waals surface area contributed by atoms with Crippen LogP contribution in [0.15, 0.2) is 43.7 Å². The maximum Gasteiger partial charge on any atom is 0.359 e. The predicted molar refractivity (Wildman–Crippen MR) is 86.3 cm³/mol. The fourth-order valence-electron chi connectivity index (χ4n) is 2.12. The van der Waals surface area contributed by atoms with Crippen molar-refractivity contribution in [3.8, 4) is 0 Å². The van der Waals surface area contributed by atoms with E-state index in [1.807, 2.05) is 0 Å². The lowest BCUT2D eigenvalue weighted by Gasteiger charge is -2.08. The number of nitrogens with zero attached hydrogens (tertiary/aromatic N) is 2. The van der Waals surface area contributed by atoms with Gasteiger partial charge in [-0.05, 0) is 30.7 Å². The Kier molecular flexibility index (Phi) is 4.68. The Bertz CT molecular complexity index is 780. The summed E-state index contributed by atoms with van der Waals surface area (Å²) >= 11 is 6.98. The smallest absolute Gasteiger partial charge is 0.359 e. The zero-order chi connectivity index (χ0) is 16.4. The first-order valence-electron chi connectivity index (χ1n) is 6.91. The largest absolute Gasteiger partial charge is 0.476 e. The van der Waals surface area contributed by atoms with Crippen LogP contribution in [0.25, 0.3) is 5.57 Å². The summed E-state index contributed by atoms with van der Waals surface area (Å²) < 4.78 is 18.7. The van der Waals surface area contributed by atoms with E-state index in [1.165, 1.54) is 6.08 Å². The van der Waals surface area contributed by atoms with Crippen molar-refractivity contribution < 1.29 is 18.7 Å². The highest BCUT2D eigenvalue weighted by molar-refractivity contribution is 8.13. The van der Waals surface area contributed by atoms with Crippen molar-refractivity contribution in [3.63, 3.8) is 0 Å². The summed E-state index contributed by atoms with van der Waals surface area (Å²) in [4.78, 5) is 19.6. The summed E-state index contributed by atoms with van der Waals surface area (Å²) in [5, 5.41) is 10.8. The van der Waals surface area contributed by atoms with Gasteiger partial charge in [-0.2, -0.15) is 0 Å². The zero-order valence-corrected chi connectivity index (χ0v) is 13.5. The van der Waals surface area contributed by atoms with Gasteiger partial charge in [0.15, 0.2) is 0 Å². The summed E-state index contributed by atoms with van der Waals surface area (Å²) in [7, 11) is 0. The fraction of sp³-hybridized carbons (Fsp3) is 0.267. The number of rotatable bonds is 3. The average molecular weight is 355 g/mol. The van der Waals surface area contributed by atoms with Crippen LogP contribution in [-0.4, -0.2) is 21.1 Å². The molecule has 120 valence electrons. The third-order valence-corrected chi connectivity index (χ3v) is 4.60. The molecular weight excluding hydrogens is 343 g/mol. The van der Waals surface area contributed by atoms with Gasteiger partial charge in [0.05, 0.1) is 5.04 Å². The third-order valence-electron chi connectivity index (χ3n) is 3.31. The van der Waals surface area contributed by atoms with E-state index < -0.39 is 5.97 Å². The SMILES string of the molecule is O=C(O)c1nc(C2=CC=C(F)CC2)oc1SC1=NC=C(Cl)CC1. The van der Waals surface area contributed by atoms with Crippen molar-refractivity contribution in [1.29, 1.82) is 0 Å². The van der Waals surface area contributed by atoms with Crippen LogP contribution in [0.4, 0.5) is 4.39 Å². The Morgan fingerprint density at radius 3 is 2.74 bits per heavy atom. The number of aromatic nitrogens is 1. The number of thioether (sulfide) groups is 1. The molecule has 0 fully saturated rings. The molecule has 1 N–H and O–H groups in total. The average Bonchev–Trinajstić information content (AvgIpc) is 2.94. The van der Waals surface area contributed by atoms with Gasteiger partial charge in [-0.1, -0.05) is 17.7 Å². The van der Waals surface area contributed by atoms with Crippen molar-refractivity contribution in [1.82, 2.24) is 4.98 Å².